The van der Waals surface area contributed by atoms with E-state index < -0.39 is 0 Å². The Kier molecular flexibility index (Phi) is 3.37. The fraction of sp³-hybridized carbons (Fsp3) is 0.111. The maximum absolute atomic E-state index is 6.02. The lowest BCUT2D eigenvalue weighted by atomic mass is 9.89. The Morgan fingerprint density at radius 1 is 1.15 bits per heavy atom. The fourth-order valence-corrected chi connectivity index (χ4v) is 2.71. The molecule has 1 unspecified atom stereocenters. The molecule has 1 heterocycles. The second-order valence-corrected chi connectivity index (χ2v) is 5.49. The van der Waals surface area contributed by atoms with Crippen molar-refractivity contribution in [3.05, 3.63) is 77.5 Å². The molecule has 1 N–H and O–H groups in total. The van der Waals surface area contributed by atoms with Crippen LogP contribution in [0.5, 0.6) is 0 Å². The molecule has 0 aliphatic carbocycles. The highest BCUT2D eigenvalue weighted by Crippen LogP contribution is 2.34. The average Bonchev–Trinajstić information content (AvgIpc) is 2.89. The van der Waals surface area contributed by atoms with E-state index in [2.05, 4.69) is 42.8 Å². The lowest BCUT2D eigenvalue weighted by Crippen LogP contribution is -1.95. The molecule has 1 aromatic heterocycles. The van der Waals surface area contributed by atoms with Crippen molar-refractivity contribution in [1.29, 1.82) is 0 Å². The number of aromatic amines is 1. The van der Waals surface area contributed by atoms with Gasteiger partial charge in [0.1, 0.15) is 0 Å². The van der Waals surface area contributed by atoms with Gasteiger partial charge in [-0.05, 0) is 23.3 Å². The number of nitrogens with one attached hydrogen (secondary N) is 1. The molecule has 0 aliphatic heterocycles. The summed E-state index contributed by atoms with van der Waals surface area (Å²) in [5, 5.41) is 1.91. The molecular formula is C18H16ClN. The number of rotatable bonds is 3. The molecule has 3 rings (SSSR count). The first kappa shape index (κ1) is 13.0. The van der Waals surface area contributed by atoms with E-state index in [0.717, 1.165) is 21.7 Å². The third kappa shape index (κ3) is 2.25. The van der Waals surface area contributed by atoms with E-state index in [-0.39, 0.29) is 5.92 Å². The summed E-state index contributed by atoms with van der Waals surface area (Å²) in [4.78, 5) is 3.27. The molecule has 20 heavy (non-hydrogen) atoms. The second-order valence-electron chi connectivity index (χ2n) is 5.05. The summed E-state index contributed by atoms with van der Waals surface area (Å²) in [5.41, 5.74) is 4.60. The maximum atomic E-state index is 6.02. The van der Waals surface area contributed by atoms with Crippen molar-refractivity contribution < 1.29 is 0 Å². The van der Waals surface area contributed by atoms with Crippen LogP contribution in [0.2, 0.25) is 5.02 Å². The lowest BCUT2D eigenvalue weighted by Gasteiger charge is -2.14. The number of hydrogen-bond donors (Lipinski definition) is 1. The summed E-state index contributed by atoms with van der Waals surface area (Å²) in [7, 11) is 0. The molecule has 0 fully saturated rings. The molecule has 0 bridgehead atoms. The van der Waals surface area contributed by atoms with Gasteiger partial charge < -0.3 is 4.98 Å². The van der Waals surface area contributed by atoms with Crippen molar-refractivity contribution in [1.82, 2.24) is 4.98 Å². The van der Waals surface area contributed by atoms with Gasteiger partial charge in [0.05, 0.1) is 0 Å². The quantitative estimate of drug-likeness (QED) is 0.639. The van der Waals surface area contributed by atoms with E-state index in [9.17, 15) is 0 Å². The molecule has 1 nitrogen and oxygen atoms in total. The van der Waals surface area contributed by atoms with E-state index in [4.69, 9.17) is 11.6 Å². The van der Waals surface area contributed by atoms with Crippen LogP contribution in [-0.4, -0.2) is 4.98 Å². The van der Waals surface area contributed by atoms with E-state index >= 15 is 0 Å². The van der Waals surface area contributed by atoms with Gasteiger partial charge in [0.15, 0.2) is 0 Å². The standard InChI is InChI=1S/C18H16ClN/c1-12(14-6-4-3-5-7-14)13(2)17-11-20-18-10-15(19)8-9-16(17)18/h3-12,20H,2H2,1H3. The highest BCUT2D eigenvalue weighted by molar-refractivity contribution is 6.31. The molecule has 2 heteroatoms. The van der Waals surface area contributed by atoms with Gasteiger partial charge in [-0.2, -0.15) is 0 Å². The molecule has 0 saturated carbocycles. The van der Waals surface area contributed by atoms with Gasteiger partial charge >= 0.3 is 0 Å². The Labute approximate surface area is 123 Å². The monoisotopic (exact) mass is 281 g/mol. The smallest absolute Gasteiger partial charge is 0.0475 e. The molecule has 0 radical (unpaired) electrons. The van der Waals surface area contributed by atoms with E-state index in [1.807, 2.05) is 30.5 Å². The molecule has 3 aromatic rings. The number of allylic oxidation sites excluding steroid dienone is 1. The minimum absolute atomic E-state index is 0.283. The topological polar surface area (TPSA) is 15.8 Å². The lowest BCUT2D eigenvalue weighted by molar-refractivity contribution is 0.994. The highest BCUT2D eigenvalue weighted by Gasteiger charge is 2.14. The number of H-pyrrole nitrogens is 1. The maximum Gasteiger partial charge on any atom is 0.0475 e. The van der Waals surface area contributed by atoms with Crippen LogP contribution in [0.3, 0.4) is 0 Å². The summed E-state index contributed by atoms with van der Waals surface area (Å²) in [6, 6.07) is 16.4. The summed E-state index contributed by atoms with van der Waals surface area (Å²) < 4.78 is 0. The molecule has 0 spiro atoms. The second kappa shape index (κ2) is 5.18. The SMILES string of the molecule is C=C(c1c[nH]c2cc(Cl)ccc12)C(C)c1ccccc1. The third-order valence-corrected chi connectivity index (χ3v) is 4.05. The summed E-state index contributed by atoms with van der Waals surface area (Å²) in [6.07, 6.45) is 2.02. The zero-order valence-corrected chi connectivity index (χ0v) is 12.1. The van der Waals surface area contributed by atoms with Gasteiger partial charge in [-0.1, -0.05) is 61.5 Å². The number of benzene rings is 2. The first-order valence-corrected chi connectivity index (χ1v) is 7.05. The largest absolute Gasteiger partial charge is 0.361 e. The van der Waals surface area contributed by atoms with Gasteiger partial charge in [0.2, 0.25) is 0 Å². The van der Waals surface area contributed by atoms with Crippen LogP contribution >= 0.6 is 11.6 Å². The molecule has 1 atom stereocenters. The number of fused-ring (bicyclic) bond motifs is 1. The first-order chi connectivity index (χ1) is 9.66. The van der Waals surface area contributed by atoms with Crippen LogP contribution < -0.4 is 0 Å². The summed E-state index contributed by atoms with van der Waals surface area (Å²) in [5.74, 6) is 0.283. The van der Waals surface area contributed by atoms with Crippen molar-refractivity contribution >= 4 is 28.1 Å². The molecule has 2 aromatic carbocycles. The van der Waals surface area contributed by atoms with E-state index in [1.54, 1.807) is 0 Å². The van der Waals surface area contributed by atoms with Crippen LogP contribution in [0.15, 0.2) is 61.3 Å². The van der Waals surface area contributed by atoms with Crippen LogP contribution in [0.4, 0.5) is 0 Å². The first-order valence-electron chi connectivity index (χ1n) is 6.67. The van der Waals surface area contributed by atoms with Gasteiger partial charge in [-0.3, -0.25) is 0 Å². The van der Waals surface area contributed by atoms with Crippen molar-refractivity contribution in [2.75, 3.05) is 0 Å². The van der Waals surface area contributed by atoms with Crippen LogP contribution in [0, 0.1) is 0 Å². The van der Waals surface area contributed by atoms with Crippen LogP contribution in [0.1, 0.15) is 24.0 Å². The number of halogens is 1. The number of aromatic nitrogens is 1. The minimum Gasteiger partial charge on any atom is -0.361 e. The minimum atomic E-state index is 0.283. The van der Waals surface area contributed by atoms with E-state index in [0.29, 0.717) is 0 Å². The van der Waals surface area contributed by atoms with Crippen molar-refractivity contribution in [2.45, 2.75) is 12.8 Å². The average molecular weight is 282 g/mol. The Morgan fingerprint density at radius 3 is 2.65 bits per heavy atom. The van der Waals surface area contributed by atoms with Gasteiger partial charge in [0.25, 0.3) is 0 Å². The van der Waals surface area contributed by atoms with Gasteiger partial charge in [-0.25, -0.2) is 0 Å². The third-order valence-electron chi connectivity index (χ3n) is 3.81. The predicted octanol–water partition coefficient (Wildman–Crippen LogP) is 5.64. The Morgan fingerprint density at radius 2 is 1.90 bits per heavy atom. The molecule has 0 aliphatic rings. The summed E-state index contributed by atoms with van der Waals surface area (Å²) in [6.45, 7) is 6.48. The van der Waals surface area contributed by atoms with Crippen LogP contribution in [-0.2, 0) is 0 Å². The van der Waals surface area contributed by atoms with Crippen molar-refractivity contribution in [3.8, 4) is 0 Å². The Bertz CT molecular complexity index is 755. The Balaban J connectivity index is 2.01. The van der Waals surface area contributed by atoms with Crippen molar-refractivity contribution in [2.24, 2.45) is 0 Å². The molecular weight excluding hydrogens is 266 g/mol. The predicted molar refractivity (Wildman–Crippen MR) is 87.2 cm³/mol. The Hall–Kier alpha value is -1.99. The highest BCUT2D eigenvalue weighted by atomic mass is 35.5. The van der Waals surface area contributed by atoms with Crippen molar-refractivity contribution in [3.63, 3.8) is 0 Å². The molecule has 0 saturated heterocycles. The summed E-state index contributed by atoms with van der Waals surface area (Å²) >= 11 is 6.02. The number of hydrogen-bond acceptors (Lipinski definition) is 0. The molecule has 0 amide bonds. The molecule has 100 valence electrons. The van der Waals surface area contributed by atoms with Crippen LogP contribution in [0.25, 0.3) is 16.5 Å². The normalized spacial score (nSPS) is 12.5. The fourth-order valence-electron chi connectivity index (χ4n) is 2.54. The zero-order chi connectivity index (χ0) is 14.1. The van der Waals surface area contributed by atoms with Gasteiger partial charge in [0, 0.05) is 33.6 Å². The zero-order valence-electron chi connectivity index (χ0n) is 11.4. The van der Waals surface area contributed by atoms with Gasteiger partial charge in [-0.15, -0.1) is 0 Å². The van der Waals surface area contributed by atoms with E-state index in [1.165, 1.54) is 10.9 Å².